The van der Waals surface area contributed by atoms with Gasteiger partial charge in [0.05, 0.1) is 10.5 Å². The Bertz CT molecular complexity index is 617. The van der Waals surface area contributed by atoms with Crippen LogP contribution in [0.3, 0.4) is 0 Å². The topological polar surface area (TPSA) is 58.2 Å². The Morgan fingerprint density at radius 3 is 2.55 bits per heavy atom. The van der Waals surface area contributed by atoms with Crippen molar-refractivity contribution in [2.75, 3.05) is 13.1 Å². The molecule has 2 rings (SSSR count). The zero-order valence-corrected chi connectivity index (χ0v) is 13.7. The maximum atomic E-state index is 13.0. The number of benzene rings is 1. The molecule has 1 atom stereocenters. The van der Waals surface area contributed by atoms with Gasteiger partial charge in [0.25, 0.3) is 0 Å². The Balaban J connectivity index is 0.00000242. The molecule has 22 heavy (non-hydrogen) atoms. The van der Waals surface area contributed by atoms with Crippen molar-refractivity contribution in [2.24, 2.45) is 0 Å². The van der Waals surface area contributed by atoms with Gasteiger partial charge in [-0.05, 0) is 37.6 Å². The van der Waals surface area contributed by atoms with Gasteiger partial charge >= 0.3 is 6.18 Å². The van der Waals surface area contributed by atoms with E-state index in [1.165, 1.54) is 0 Å². The molecular weight excluding hydrogens is 364 g/mol. The summed E-state index contributed by atoms with van der Waals surface area (Å²) in [6.07, 6.45) is -3.44. The van der Waals surface area contributed by atoms with Crippen LogP contribution in [0.1, 0.15) is 18.4 Å². The average molecular weight is 379 g/mol. The van der Waals surface area contributed by atoms with E-state index in [9.17, 15) is 21.6 Å². The van der Waals surface area contributed by atoms with Crippen LogP contribution in [0.5, 0.6) is 0 Å². The predicted molar refractivity (Wildman–Crippen MR) is 79.9 cm³/mol. The molecule has 0 bridgehead atoms. The third kappa shape index (κ3) is 4.73. The first kappa shape index (κ1) is 19.5. The monoisotopic (exact) mass is 378 g/mol. The SMILES string of the molecule is Cl.O=S(=O)(NC1CCCNC1)c1ccc(Cl)cc1C(F)(F)F. The Kier molecular flexibility index (Phi) is 6.52. The van der Waals surface area contributed by atoms with Gasteiger partial charge in [-0.15, -0.1) is 12.4 Å². The van der Waals surface area contributed by atoms with E-state index < -0.39 is 32.7 Å². The highest BCUT2D eigenvalue weighted by molar-refractivity contribution is 7.89. The number of sulfonamides is 1. The number of hydrogen-bond donors (Lipinski definition) is 2. The van der Waals surface area contributed by atoms with E-state index in [-0.39, 0.29) is 17.4 Å². The Hall–Kier alpha value is -0.540. The molecular formula is C12H15Cl2F3N2O2S. The van der Waals surface area contributed by atoms with Gasteiger partial charge in [-0.2, -0.15) is 13.2 Å². The van der Waals surface area contributed by atoms with Crippen molar-refractivity contribution >= 4 is 34.0 Å². The molecule has 1 saturated heterocycles. The van der Waals surface area contributed by atoms with Crippen molar-refractivity contribution < 1.29 is 21.6 Å². The van der Waals surface area contributed by atoms with Gasteiger partial charge in [-0.1, -0.05) is 11.6 Å². The van der Waals surface area contributed by atoms with E-state index in [0.717, 1.165) is 25.1 Å². The lowest BCUT2D eigenvalue weighted by molar-refractivity contribution is -0.139. The van der Waals surface area contributed by atoms with Gasteiger partial charge in [0.15, 0.2) is 0 Å². The van der Waals surface area contributed by atoms with Gasteiger partial charge in [0.1, 0.15) is 0 Å². The number of halogens is 5. The van der Waals surface area contributed by atoms with Crippen LogP contribution >= 0.6 is 24.0 Å². The first-order valence-corrected chi connectivity index (χ1v) is 8.16. The smallest absolute Gasteiger partial charge is 0.315 e. The Morgan fingerprint density at radius 1 is 1.32 bits per heavy atom. The molecule has 0 aliphatic carbocycles. The third-order valence-corrected chi connectivity index (χ3v) is 4.97. The van der Waals surface area contributed by atoms with E-state index in [1.54, 1.807) is 0 Å². The van der Waals surface area contributed by atoms with Crippen LogP contribution < -0.4 is 10.0 Å². The quantitative estimate of drug-likeness (QED) is 0.849. The number of rotatable bonds is 3. The zero-order chi connectivity index (χ0) is 15.7. The van der Waals surface area contributed by atoms with Crippen LogP contribution in [0.2, 0.25) is 5.02 Å². The summed E-state index contributed by atoms with van der Waals surface area (Å²) in [6.45, 7) is 1.17. The minimum absolute atomic E-state index is 0. The molecule has 10 heteroatoms. The molecule has 126 valence electrons. The first-order valence-electron chi connectivity index (χ1n) is 6.30. The van der Waals surface area contributed by atoms with Crippen LogP contribution in [-0.4, -0.2) is 27.5 Å². The van der Waals surface area contributed by atoms with Crippen molar-refractivity contribution in [2.45, 2.75) is 30.0 Å². The highest BCUT2D eigenvalue weighted by Crippen LogP contribution is 2.35. The third-order valence-electron chi connectivity index (χ3n) is 3.16. The van der Waals surface area contributed by atoms with E-state index >= 15 is 0 Å². The molecule has 1 unspecified atom stereocenters. The average Bonchev–Trinajstić information content (AvgIpc) is 2.38. The fourth-order valence-corrected chi connectivity index (χ4v) is 3.84. The lowest BCUT2D eigenvalue weighted by Crippen LogP contribution is -2.45. The molecule has 1 aromatic rings. The van der Waals surface area contributed by atoms with E-state index in [1.807, 2.05) is 0 Å². The standard InChI is InChI=1S/C12H14ClF3N2O2S.ClH/c13-8-3-4-11(10(6-8)12(14,15)16)21(19,20)18-9-2-1-5-17-7-9;/h3-4,6,9,17-18H,1-2,5,7H2;1H. The predicted octanol–water partition coefficient (Wildman–Crippen LogP) is 2.81. The number of hydrogen-bond acceptors (Lipinski definition) is 3. The summed E-state index contributed by atoms with van der Waals surface area (Å²) in [7, 11) is -4.26. The summed E-state index contributed by atoms with van der Waals surface area (Å²) in [4.78, 5) is -0.801. The molecule has 1 aromatic carbocycles. The highest BCUT2D eigenvalue weighted by Gasteiger charge is 2.38. The van der Waals surface area contributed by atoms with Gasteiger partial charge in [-0.3, -0.25) is 0 Å². The fraction of sp³-hybridized carbons (Fsp3) is 0.500. The van der Waals surface area contributed by atoms with E-state index in [2.05, 4.69) is 10.0 Å². The van der Waals surface area contributed by atoms with Crippen LogP contribution in [0.4, 0.5) is 13.2 Å². The molecule has 2 N–H and O–H groups in total. The van der Waals surface area contributed by atoms with Crippen LogP contribution in [0.25, 0.3) is 0 Å². The summed E-state index contributed by atoms with van der Waals surface area (Å²) in [5.41, 5.74) is -1.26. The summed E-state index contributed by atoms with van der Waals surface area (Å²) < 4.78 is 65.6. The van der Waals surface area contributed by atoms with E-state index in [0.29, 0.717) is 19.0 Å². The number of nitrogens with one attached hydrogen (secondary N) is 2. The summed E-state index contributed by atoms with van der Waals surface area (Å²) >= 11 is 5.54. The van der Waals surface area contributed by atoms with Gasteiger partial charge in [-0.25, -0.2) is 13.1 Å². The van der Waals surface area contributed by atoms with Crippen molar-refractivity contribution in [3.63, 3.8) is 0 Å². The van der Waals surface area contributed by atoms with Gasteiger partial charge in [0.2, 0.25) is 10.0 Å². The van der Waals surface area contributed by atoms with Crippen LogP contribution in [-0.2, 0) is 16.2 Å². The normalized spacial score (nSPS) is 19.5. The lowest BCUT2D eigenvalue weighted by Gasteiger charge is -2.24. The number of piperidine rings is 1. The minimum atomic E-state index is -4.79. The Labute approximate surface area is 137 Å². The molecule has 1 aliphatic heterocycles. The van der Waals surface area contributed by atoms with E-state index in [4.69, 9.17) is 11.6 Å². The molecule has 1 heterocycles. The maximum Gasteiger partial charge on any atom is 0.417 e. The molecule has 0 amide bonds. The highest BCUT2D eigenvalue weighted by atomic mass is 35.5. The second-order valence-corrected chi connectivity index (χ2v) is 6.92. The van der Waals surface area contributed by atoms with Gasteiger partial charge < -0.3 is 5.32 Å². The summed E-state index contributed by atoms with van der Waals surface area (Å²) in [5, 5.41) is 2.83. The second-order valence-electron chi connectivity index (χ2n) is 4.80. The van der Waals surface area contributed by atoms with Crippen LogP contribution in [0, 0.1) is 0 Å². The molecule has 1 fully saturated rings. The van der Waals surface area contributed by atoms with Crippen molar-refractivity contribution in [3.05, 3.63) is 28.8 Å². The molecule has 0 saturated carbocycles. The second kappa shape index (κ2) is 7.35. The van der Waals surface area contributed by atoms with Crippen molar-refractivity contribution in [1.29, 1.82) is 0 Å². The van der Waals surface area contributed by atoms with Gasteiger partial charge in [0, 0.05) is 17.6 Å². The largest absolute Gasteiger partial charge is 0.417 e. The number of alkyl halides is 3. The van der Waals surface area contributed by atoms with Crippen molar-refractivity contribution in [3.8, 4) is 0 Å². The lowest BCUT2D eigenvalue weighted by atomic mass is 10.1. The Morgan fingerprint density at radius 2 is 2.00 bits per heavy atom. The molecule has 0 spiro atoms. The fourth-order valence-electron chi connectivity index (χ4n) is 2.19. The minimum Gasteiger partial charge on any atom is -0.315 e. The molecule has 0 radical (unpaired) electrons. The summed E-state index contributed by atoms with van der Waals surface area (Å²) in [5.74, 6) is 0. The molecule has 0 aromatic heterocycles. The first-order chi connectivity index (χ1) is 9.70. The molecule has 1 aliphatic rings. The van der Waals surface area contributed by atoms with Crippen LogP contribution in [0.15, 0.2) is 23.1 Å². The molecule has 4 nitrogen and oxygen atoms in total. The summed E-state index contributed by atoms with van der Waals surface area (Å²) in [6, 6.07) is 2.21. The zero-order valence-electron chi connectivity index (χ0n) is 11.3. The maximum absolute atomic E-state index is 13.0. The van der Waals surface area contributed by atoms with Crippen molar-refractivity contribution in [1.82, 2.24) is 10.0 Å².